The average Bonchev–Trinajstić information content (AvgIpc) is 2.54. The van der Waals surface area contributed by atoms with Gasteiger partial charge < -0.3 is 9.80 Å². The fraction of sp³-hybridized carbons (Fsp3) is 0.467. The van der Waals surface area contributed by atoms with Crippen molar-refractivity contribution in [3.8, 4) is 0 Å². The lowest BCUT2D eigenvalue weighted by molar-refractivity contribution is -0.137. The number of carbonyl (C=O) groups is 2. The van der Waals surface area contributed by atoms with Crippen LogP contribution in [-0.4, -0.2) is 61.5 Å². The van der Waals surface area contributed by atoms with Crippen molar-refractivity contribution in [3.05, 3.63) is 30.1 Å². The Balaban J connectivity index is 2.10. The van der Waals surface area contributed by atoms with Crippen molar-refractivity contribution in [2.75, 3.05) is 26.2 Å². The molecule has 0 saturated carbocycles. The first kappa shape index (κ1) is 17.4. The lowest BCUT2D eigenvalue weighted by atomic mass is 10.3. The molecule has 1 aromatic rings. The maximum atomic E-state index is 12.9. The molecule has 0 N–H and O–H groups in total. The van der Waals surface area contributed by atoms with E-state index in [0.717, 1.165) is 24.3 Å². The lowest BCUT2D eigenvalue weighted by Gasteiger charge is -2.35. The highest BCUT2D eigenvalue weighted by atomic mass is 32.2. The fourth-order valence-corrected chi connectivity index (χ4v) is 3.80. The maximum absolute atomic E-state index is 12.9. The van der Waals surface area contributed by atoms with E-state index in [-0.39, 0.29) is 10.8 Å². The van der Waals surface area contributed by atoms with Gasteiger partial charge in [0.2, 0.25) is 11.8 Å². The second kappa shape index (κ2) is 6.66. The van der Waals surface area contributed by atoms with E-state index >= 15 is 0 Å². The van der Waals surface area contributed by atoms with Crippen LogP contribution in [0.1, 0.15) is 13.8 Å². The summed E-state index contributed by atoms with van der Waals surface area (Å²) in [4.78, 5) is 26.7. The van der Waals surface area contributed by atoms with Crippen LogP contribution in [0.4, 0.5) is 4.39 Å². The molecule has 1 atom stereocenters. The van der Waals surface area contributed by atoms with Gasteiger partial charge in [0.25, 0.3) is 0 Å². The quantitative estimate of drug-likeness (QED) is 0.757. The summed E-state index contributed by atoms with van der Waals surface area (Å²) < 4.78 is 37.9. The first-order valence-electron chi connectivity index (χ1n) is 7.27. The third-order valence-corrected chi connectivity index (χ3v) is 6.05. The van der Waals surface area contributed by atoms with Crippen LogP contribution in [0.25, 0.3) is 0 Å². The number of rotatable bonds is 3. The van der Waals surface area contributed by atoms with Crippen molar-refractivity contribution < 1.29 is 22.4 Å². The Kier molecular flexibility index (Phi) is 5.03. The Morgan fingerprint density at radius 2 is 1.52 bits per heavy atom. The SMILES string of the molecule is CC(=O)N1CCN(C(=O)[C@@H](C)S(=O)(=O)c2ccc(F)cc2)CC1. The molecule has 1 heterocycles. The van der Waals surface area contributed by atoms with E-state index in [1.807, 2.05) is 0 Å². The number of benzene rings is 1. The summed E-state index contributed by atoms with van der Waals surface area (Å²) in [5, 5.41) is -1.25. The minimum Gasteiger partial charge on any atom is -0.339 e. The molecule has 8 heteroatoms. The molecule has 2 rings (SSSR count). The molecule has 0 aliphatic carbocycles. The van der Waals surface area contributed by atoms with Crippen LogP contribution in [0.15, 0.2) is 29.2 Å². The number of hydrogen-bond acceptors (Lipinski definition) is 4. The molecule has 1 aliphatic rings. The Hall–Kier alpha value is -1.96. The topological polar surface area (TPSA) is 74.8 Å². The van der Waals surface area contributed by atoms with Crippen LogP contribution in [0.2, 0.25) is 0 Å². The van der Waals surface area contributed by atoms with Crippen molar-refractivity contribution in [2.24, 2.45) is 0 Å². The molecule has 6 nitrogen and oxygen atoms in total. The van der Waals surface area contributed by atoms with Crippen LogP contribution in [0.5, 0.6) is 0 Å². The monoisotopic (exact) mass is 342 g/mol. The molecular formula is C15H19FN2O4S. The molecule has 0 unspecified atom stereocenters. The highest BCUT2D eigenvalue weighted by Gasteiger charge is 2.34. The average molecular weight is 342 g/mol. The summed E-state index contributed by atoms with van der Waals surface area (Å²) in [6.45, 7) is 4.19. The molecule has 0 aromatic heterocycles. The smallest absolute Gasteiger partial charge is 0.241 e. The van der Waals surface area contributed by atoms with Gasteiger partial charge in [0.1, 0.15) is 11.1 Å². The molecule has 1 saturated heterocycles. The Morgan fingerprint density at radius 1 is 1.04 bits per heavy atom. The van der Waals surface area contributed by atoms with Gasteiger partial charge in [-0.05, 0) is 31.2 Å². The first-order valence-corrected chi connectivity index (χ1v) is 8.82. The Labute approximate surface area is 134 Å². The van der Waals surface area contributed by atoms with E-state index in [1.54, 1.807) is 4.90 Å². The number of carbonyl (C=O) groups excluding carboxylic acids is 2. The van der Waals surface area contributed by atoms with Gasteiger partial charge in [-0.3, -0.25) is 9.59 Å². The molecule has 1 aliphatic heterocycles. The van der Waals surface area contributed by atoms with Gasteiger partial charge in [0.15, 0.2) is 9.84 Å². The lowest BCUT2D eigenvalue weighted by Crippen LogP contribution is -2.53. The minimum atomic E-state index is -3.87. The summed E-state index contributed by atoms with van der Waals surface area (Å²) >= 11 is 0. The van der Waals surface area contributed by atoms with Gasteiger partial charge in [-0.2, -0.15) is 0 Å². The van der Waals surface area contributed by atoms with Gasteiger partial charge in [0, 0.05) is 33.1 Å². The third-order valence-electron chi connectivity index (χ3n) is 3.99. The molecule has 23 heavy (non-hydrogen) atoms. The van der Waals surface area contributed by atoms with Crippen molar-refractivity contribution in [2.45, 2.75) is 24.0 Å². The second-order valence-corrected chi connectivity index (χ2v) is 7.74. The van der Waals surface area contributed by atoms with Crippen LogP contribution in [0, 0.1) is 5.82 Å². The molecule has 0 bridgehead atoms. The molecule has 126 valence electrons. The van der Waals surface area contributed by atoms with Crippen molar-refractivity contribution >= 4 is 21.7 Å². The molecule has 2 amide bonds. The predicted molar refractivity (Wildman–Crippen MR) is 81.9 cm³/mol. The van der Waals surface area contributed by atoms with E-state index in [2.05, 4.69) is 0 Å². The fourth-order valence-electron chi connectivity index (χ4n) is 2.46. The minimum absolute atomic E-state index is 0.0657. The van der Waals surface area contributed by atoms with Crippen molar-refractivity contribution in [3.63, 3.8) is 0 Å². The van der Waals surface area contributed by atoms with Crippen LogP contribution in [0.3, 0.4) is 0 Å². The summed E-state index contributed by atoms with van der Waals surface area (Å²) in [5.41, 5.74) is 0. The van der Waals surface area contributed by atoms with Gasteiger partial charge in [-0.25, -0.2) is 12.8 Å². The summed E-state index contributed by atoms with van der Waals surface area (Å²) in [6.07, 6.45) is 0. The van der Waals surface area contributed by atoms with E-state index in [1.165, 1.54) is 18.7 Å². The molecular weight excluding hydrogens is 323 g/mol. The third kappa shape index (κ3) is 3.69. The van der Waals surface area contributed by atoms with Gasteiger partial charge in [-0.15, -0.1) is 0 Å². The zero-order valence-electron chi connectivity index (χ0n) is 13.0. The van der Waals surface area contributed by atoms with E-state index in [4.69, 9.17) is 0 Å². The predicted octanol–water partition coefficient (Wildman–Crippen LogP) is 0.679. The van der Waals surface area contributed by atoms with E-state index in [0.29, 0.717) is 26.2 Å². The second-order valence-electron chi connectivity index (χ2n) is 5.47. The van der Waals surface area contributed by atoms with Crippen molar-refractivity contribution in [1.82, 2.24) is 9.80 Å². The van der Waals surface area contributed by atoms with Crippen LogP contribution < -0.4 is 0 Å². The summed E-state index contributed by atoms with van der Waals surface area (Å²) in [6, 6.07) is 4.41. The Morgan fingerprint density at radius 3 is 2.00 bits per heavy atom. The zero-order chi connectivity index (χ0) is 17.2. The first-order chi connectivity index (χ1) is 10.7. The number of amides is 2. The number of piperazine rings is 1. The van der Waals surface area contributed by atoms with Gasteiger partial charge >= 0.3 is 0 Å². The standard InChI is InChI=1S/C15H19FN2O4S/c1-11(23(21,22)14-5-3-13(16)4-6-14)15(20)18-9-7-17(8-10-18)12(2)19/h3-6,11H,7-10H2,1-2H3/t11-/m1/s1. The largest absolute Gasteiger partial charge is 0.339 e. The number of sulfone groups is 1. The van der Waals surface area contributed by atoms with Crippen LogP contribution in [-0.2, 0) is 19.4 Å². The summed E-state index contributed by atoms with van der Waals surface area (Å²) in [7, 11) is -3.87. The molecule has 1 aromatic carbocycles. The molecule has 1 fully saturated rings. The van der Waals surface area contributed by atoms with Gasteiger partial charge in [0.05, 0.1) is 4.90 Å². The van der Waals surface area contributed by atoms with Gasteiger partial charge in [-0.1, -0.05) is 0 Å². The number of halogens is 1. The molecule has 0 spiro atoms. The Bertz CT molecular complexity index is 695. The normalized spacial score (nSPS) is 17.0. The zero-order valence-corrected chi connectivity index (χ0v) is 13.8. The number of nitrogens with zero attached hydrogens (tertiary/aromatic N) is 2. The summed E-state index contributed by atoms with van der Waals surface area (Å²) in [5.74, 6) is -1.11. The highest BCUT2D eigenvalue weighted by molar-refractivity contribution is 7.92. The highest BCUT2D eigenvalue weighted by Crippen LogP contribution is 2.19. The van der Waals surface area contributed by atoms with Crippen molar-refractivity contribution in [1.29, 1.82) is 0 Å². The van der Waals surface area contributed by atoms with Crippen LogP contribution >= 0.6 is 0 Å². The van der Waals surface area contributed by atoms with E-state index in [9.17, 15) is 22.4 Å². The maximum Gasteiger partial charge on any atom is 0.241 e. The number of hydrogen-bond donors (Lipinski definition) is 0. The molecule has 0 radical (unpaired) electrons. The van der Waals surface area contributed by atoms with E-state index < -0.39 is 26.8 Å².